The van der Waals surface area contributed by atoms with Gasteiger partial charge in [-0.15, -0.1) is 0 Å². The van der Waals surface area contributed by atoms with E-state index in [9.17, 15) is 0 Å². The van der Waals surface area contributed by atoms with Crippen molar-refractivity contribution in [1.29, 1.82) is 0 Å². The summed E-state index contributed by atoms with van der Waals surface area (Å²) >= 11 is 0. The second kappa shape index (κ2) is 5.61. The van der Waals surface area contributed by atoms with Gasteiger partial charge < -0.3 is 0 Å². The van der Waals surface area contributed by atoms with Crippen molar-refractivity contribution in [2.45, 2.75) is 46.0 Å². The van der Waals surface area contributed by atoms with Crippen LogP contribution in [0.5, 0.6) is 0 Å². The van der Waals surface area contributed by atoms with Crippen LogP contribution in [0.1, 0.15) is 48.8 Å². The van der Waals surface area contributed by atoms with Gasteiger partial charge in [-0.25, -0.2) is 0 Å². The Labute approximate surface area is 93.7 Å². The molecule has 15 heavy (non-hydrogen) atoms. The molecular weight excluding hydrogens is 180 g/mol. The summed E-state index contributed by atoms with van der Waals surface area (Å²) < 4.78 is 0. The molecule has 0 heteroatoms. The summed E-state index contributed by atoms with van der Waals surface area (Å²) in [5, 5.41) is 0. The fourth-order valence-corrected chi connectivity index (χ4v) is 1.86. The maximum absolute atomic E-state index is 7.39. The Kier molecular flexibility index (Phi) is 4.43. The van der Waals surface area contributed by atoms with Gasteiger partial charge in [0.25, 0.3) is 0 Å². The SMILES string of the molecule is [C]#CC(CCCC)c1cccc(C)c1C. The molecule has 0 spiro atoms. The Balaban J connectivity index is 2.93. The van der Waals surface area contributed by atoms with E-state index in [1.807, 2.05) is 0 Å². The van der Waals surface area contributed by atoms with Gasteiger partial charge in [0, 0.05) is 5.92 Å². The summed E-state index contributed by atoms with van der Waals surface area (Å²) in [4.78, 5) is 0. The lowest BCUT2D eigenvalue weighted by Gasteiger charge is -2.14. The van der Waals surface area contributed by atoms with Gasteiger partial charge in [-0.1, -0.05) is 43.9 Å². The maximum atomic E-state index is 7.39. The first-order chi connectivity index (χ1) is 7.20. The molecule has 79 valence electrons. The summed E-state index contributed by atoms with van der Waals surface area (Å²) in [5.41, 5.74) is 3.90. The molecule has 0 nitrogen and oxygen atoms in total. The second-order valence-corrected chi connectivity index (χ2v) is 4.13. The van der Waals surface area contributed by atoms with E-state index in [-0.39, 0.29) is 5.92 Å². The minimum Gasteiger partial charge on any atom is -0.0809 e. The Morgan fingerprint density at radius 1 is 1.33 bits per heavy atom. The van der Waals surface area contributed by atoms with E-state index < -0.39 is 0 Å². The summed E-state index contributed by atoms with van der Waals surface area (Å²) in [6.45, 7) is 6.45. The highest BCUT2D eigenvalue weighted by atomic mass is 14.1. The van der Waals surface area contributed by atoms with Gasteiger partial charge in [-0.3, -0.25) is 0 Å². The Hall–Kier alpha value is -1.22. The molecule has 0 fully saturated rings. The highest BCUT2D eigenvalue weighted by molar-refractivity contribution is 5.38. The zero-order chi connectivity index (χ0) is 11.3. The van der Waals surface area contributed by atoms with Crippen molar-refractivity contribution in [3.8, 4) is 5.92 Å². The molecule has 0 aliphatic rings. The molecule has 1 unspecified atom stereocenters. The largest absolute Gasteiger partial charge is 0.0809 e. The molecule has 0 aliphatic heterocycles. The molecule has 0 saturated carbocycles. The third-order valence-electron chi connectivity index (χ3n) is 3.04. The number of aryl methyl sites for hydroxylation is 1. The van der Waals surface area contributed by atoms with E-state index in [2.05, 4.69) is 44.9 Å². The topological polar surface area (TPSA) is 0 Å². The molecule has 1 aromatic carbocycles. The van der Waals surface area contributed by atoms with Crippen LogP contribution in [0, 0.1) is 26.2 Å². The molecule has 0 heterocycles. The summed E-state index contributed by atoms with van der Waals surface area (Å²) in [6.07, 6.45) is 10.8. The zero-order valence-electron chi connectivity index (χ0n) is 9.93. The van der Waals surface area contributed by atoms with Crippen LogP contribution in [0.15, 0.2) is 18.2 Å². The normalized spacial score (nSPS) is 12.1. The third kappa shape index (κ3) is 2.86. The van der Waals surface area contributed by atoms with E-state index in [4.69, 9.17) is 6.42 Å². The molecule has 1 aromatic rings. The number of hydrogen-bond donors (Lipinski definition) is 0. The van der Waals surface area contributed by atoms with Gasteiger partial charge in [0.05, 0.1) is 0 Å². The number of benzene rings is 1. The van der Waals surface area contributed by atoms with Crippen molar-refractivity contribution in [2.75, 3.05) is 0 Å². The van der Waals surface area contributed by atoms with Crippen molar-refractivity contribution in [3.63, 3.8) is 0 Å². The van der Waals surface area contributed by atoms with Crippen LogP contribution in [0.4, 0.5) is 0 Å². The van der Waals surface area contributed by atoms with Crippen LogP contribution in [-0.2, 0) is 0 Å². The van der Waals surface area contributed by atoms with E-state index in [0.717, 1.165) is 6.42 Å². The van der Waals surface area contributed by atoms with E-state index in [0.29, 0.717) is 0 Å². The van der Waals surface area contributed by atoms with Crippen LogP contribution in [0.2, 0.25) is 0 Å². The number of unbranched alkanes of at least 4 members (excludes halogenated alkanes) is 1. The molecule has 1 rings (SSSR count). The summed E-state index contributed by atoms with van der Waals surface area (Å²) in [7, 11) is 0. The monoisotopic (exact) mass is 199 g/mol. The van der Waals surface area contributed by atoms with Crippen molar-refractivity contribution >= 4 is 0 Å². The van der Waals surface area contributed by atoms with E-state index >= 15 is 0 Å². The first-order valence-electron chi connectivity index (χ1n) is 5.69. The van der Waals surface area contributed by atoms with Crippen molar-refractivity contribution in [1.82, 2.24) is 0 Å². The molecule has 0 saturated heterocycles. The van der Waals surface area contributed by atoms with Crippen LogP contribution in [0.25, 0.3) is 0 Å². The maximum Gasteiger partial charge on any atom is 0.0465 e. The van der Waals surface area contributed by atoms with E-state index in [1.165, 1.54) is 29.5 Å². The van der Waals surface area contributed by atoms with E-state index in [1.54, 1.807) is 0 Å². The van der Waals surface area contributed by atoms with Crippen LogP contribution < -0.4 is 0 Å². The quantitative estimate of drug-likeness (QED) is 0.638. The highest BCUT2D eigenvalue weighted by Crippen LogP contribution is 2.25. The molecule has 0 aliphatic carbocycles. The molecule has 1 radical (unpaired) electrons. The third-order valence-corrected chi connectivity index (χ3v) is 3.04. The molecule has 0 aromatic heterocycles. The predicted octanol–water partition coefficient (Wildman–Crippen LogP) is 4.17. The first-order valence-corrected chi connectivity index (χ1v) is 5.69. The smallest absolute Gasteiger partial charge is 0.0465 e. The lowest BCUT2D eigenvalue weighted by molar-refractivity contribution is 0.673. The highest BCUT2D eigenvalue weighted by Gasteiger charge is 2.11. The fourth-order valence-electron chi connectivity index (χ4n) is 1.86. The lowest BCUT2D eigenvalue weighted by Crippen LogP contribution is -2.00. The number of hydrogen-bond acceptors (Lipinski definition) is 0. The van der Waals surface area contributed by atoms with Crippen LogP contribution >= 0.6 is 0 Å². The van der Waals surface area contributed by atoms with Crippen molar-refractivity contribution in [2.24, 2.45) is 0 Å². The fraction of sp³-hybridized carbons (Fsp3) is 0.467. The Morgan fingerprint density at radius 3 is 2.67 bits per heavy atom. The Morgan fingerprint density at radius 2 is 2.07 bits per heavy atom. The average Bonchev–Trinajstić information content (AvgIpc) is 2.25. The van der Waals surface area contributed by atoms with Crippen LogP contribution in [0.3, 0.4) is 0 Å². The average molecular weight is 199 g/mol. The molecule has 0 amide bonds. The van der Waals surface area contributed by atoms with Gasteiger partial charge >= 0.3 is 0 Å². The van der Waals surface area contributed by atoms with Crippen molar-refractivity contribution in [3.05, 3.63) is 41.3 Å². The minimum absolute atomic E-state index is 0.185. The van der Waals surface area contributed by atoms with Gasteiger partial charge in [0.15, 0.2) is 0 Å². The van der Waals surface area contributed by atoms with Gasteiger partial charge in [0.2, 0.25) is 0 Å². The molecule has 0 N–H and O–H groups in total. The molecule has 1 atom stereocenters. The summed E-state index contributed by atoms with van der Waals surface area (Å²) in [5.74, 6) is 2.86. The lowest BCUT2D eigenvalue weighted by atomic mass is 9.89. The number of rotatable bonds is 4. The summed E-state index contributed by atoms with van der Waals surface area (Å²) in [6, 6.07) is 6.33. The standard InChI is InChI=1S/C15H19/c1-5-7-10-14(6-2)15-11-8-9-12(3)13(15)4/h8-9,11,14H,5,7,10H2,1,3-4H3. The van der Waals surface area contributed by atoms with Gasteiger partial charge in [-0.2, -0.15) is 0 Å². The molecular formula is C15H19. The minimum atomic E-state index is 0.185. The first kappa shape index (κ1) is 11.9. The molecule has 0 bridgehead atoms. The van der Waals surface area contributed by atoms with Crippen molar-refractivity contribution < 1.29 is 0 Å². The second-order valence-electron chi connectivity index (χ2n) is 4.13. The Bertz CT molecular complexity index is 355. The zero-order valence-corrected chi connectivity index (χ0v) is 9.93. The van der Waals surface area contributed by atoms with Crippen LogP contribution in [-0.4, -0.2) is 0 Å². The van der Waals surface area contributed by atoms with Gasteiger partial charge in [-0.05, 0) is 43.4 Å². The predicted molar refractivity (Wildman–Crippen MR) is 65.3 cm³/mol. The van der Waals surface area contributed by atoms with Gasteiger partial charge in [0.1, 0.15) is 0 Å².